The van der Waals surface area contributed by atoms with Gasteiger partial charge in [0.05, 0.1) is 5.69 Å². The minimum atomic E-state index is 0.942. The van der Waals surface area contributed by atoms with E-state index in [9.17, 15) is 0 Å². The Morgan fingerprint density at radius 2 is 2.09 bits per heavy atom. The molecule has 0 aliphatic heterocycles. The number of rotatable bonds is 2. The summed E-state index contributed by atoms with van der Waals surface area (Å²) in [6, 6.07) is 7.95. The van der Waals surface area contributed by atoms with E-state index < -0.39 is 0 Å². The van der Waals surface area contributed by atoms with Gasteiger partial charge in [0.25, 0.3) is 0 Å². The largest absolute Gasteiger partial charge is 0.359 e. The molecule has 2 heteroatoms. The SMILES string of the molecule is C=C(C)Nc1ccccc1Br. The highest BCUT2D eigenvalue weighted by Gasteiger charge is 1.94. The molecule has 0 aromatic heterocycles. The zero-order valence-electron chi connectivity index (χ0n) is 6.39. The van der Waals surface area contributed by atoms with Gasteiger partial charge in [0.2, 0.25) is 0 Å². The third-order valence-corrected chi connectivity index (χ3v) is 1.91. The molecule has 0 fully saturated rings. The van der Waals surface area contributed by atoms with Gasteiger partial charge < -0.3 is 5.32 Å². The van der Waals surface area contributed by atoms with Gasteiger partial charge in [-0.15, -0.1) is 0 Å². The van der Waals surface area contributed by atoms with Crippen molar-refractivity contribution in [2.24, 2.45) is 0 Å². The number of para-hydroxylation sites is 1. The zero-order chi connectivity index (χ0) is 8.27. The minimum absolute atomic E-state index is 0.942. The predicted octanol–water partition coefficient (Wildman–Crippen LogP) is 3.39. The normalized spacial score (nSPS) is 9.27. The van der Waals surface area contributed by atoms with E-state index in [4.69, 9.17) is 0 Å². The standard InChI is InChI=1S/C9H10BrN/c1-7(2)11-9-6-4-3-5-8(9)10/h3-6,11H,1H2,2H3. The maximum absolute atomic E-state index is 3.76. The van der Waals surface area contributed by atoms with Crippen LogP contribution in [0.25, 0.3) is 0 Å². The second kappa shape index (κ2) is 3.58. The van der Waals surface area contributed by atoms with Gasteiger partial charge in [0.15, 0.2) is 0 Å². The summed E-state index contributed by atoms with van der Waals surface area (Å²) in [6.45, 7) is 5.69. The predicted molar refractivity (Wildman–Crippen MR) is 52.6 cm³/mol. The highest BCUT2D eigenvalue weighted by atomic mass is 79.9. The molecule has 1 aromatic carbocycles. The molecule has 0 aliphatic rings. The van der Waals surface area contributed by atoms with Gasteiger partial charge in [0, 0.05) is 10.2 Å². The summed E-state index contributed by atoms with van der Waals surface area (Å²) in [7, 11) is 0. The minimum Gasteiger partial charge on any atom is -0.359 e. The van der Waals surface area contributed by atoms with Crippen LogP contribution in [-0.2, 0) is 0 Å². The van der Waals surface area contributed by atoms with Gasteiger partial charge >= 0.3 is 0 Å². The Morgan fingerprint density at radius 1 is 1.45 bits per heavy atom. The van der Waals surface area contributed by atoms with Gasteiger partial charge in [-0.1, -0.05) is 18.7 Å². The lowest BCUT2D eigenvalue weighted by Crippen LogP contribution is -1.93. The van der Waals surface area contributed by atoms with E-state index in [1.54, 1.807) is 0 Å². The van der Waals surface area contributed by atoms with E-state index in [0.717, 1.165) is 15.9 Å². The van der Waals surface area contributed by atoms with Crippen LogP contribution in [0.1, 0.15) is 6.92 Å². The van der Waals surface area contributed by atoms with Crippen LogP contribution in [0.4, 0.5) is 5.69 Å². The van der Waals surface area contributed by atoms with Crippen molar-refractivity contribution in [2.75, 3.05) is 5.32 Å². The summed E-state index contributed by atoms with van der Waals surface area (Å²) in [5.41, 5.74) is 2.00. The highest BCUT2D eigenvalue weighted by molar-refractivity contribution is 9.10. The van der Waals surface area contributed by atoms with Crippen LogP contribution >= 0.6 is 15.9 Å². The number of nitrogens with one attached hydrogen (secondary N) is 1. The fourth-order valence-electron chi connectivity index (χ4n) is 0.792. The first-order valence-electron chi connectivity index (χ1n) is 3.37. The summed E-state index contributed by atoms with van der Waals surface area (Å²) in [5.74, 6) is 0. The topological polar surface area (TPSA) is 12.0 Å². The number of anilines is 1. The summed E-state index contributed by atoms with van der Waals surface area (Å²) < 4.78 is 1.06. The molecule has 1 nitrogen and oxygen atoms in total. The highest BCUT2D eigenvalue weighted by Crippen LogP contribution is 2.21. The average Bonchev–Trinajstić information content (AvgIpc) is 1.93. The monoisotopic (exact) mass is 211 g/mol. The van der Waals surface area contributed by atoms with Crippen LogP contribution in [0.5, 0.6) is 0 Å². The molecule has 0 amide bonds. The van der Waals surface area contributed by atoms with Crippen LogP contribution in [-0.4, -0.2) is 0 Å². The zero-order valence-corrected chi connectivity index (χ0v) is 7.98. The molecule has 0 saturated heterocycles. The quantitative estimate of drug-likeness (QED) is 0.792. The average molecular weight is 212 g/mol. The fraction of sp³-hybridized carbons (Fsp3) is 0.111. The van der Waals surface area contributed by atoms with E-state index in [1.807, 2.05) is 31.2 Å². The van der Waals surface area contributed by atoms with Crippen molar-refractivity contribution >= 4 is 21.6 Å². The second-order valence-electron chi connectivity index (χ2n) is 2.39. The van der Waals surface area contributed by atoms with Crippen molar-refractivity contribution < 1.29 is 0 Å². The van der Waals surface area contributed by atoms with Crippen molar-refractivity contribution in [1.82, 2.24) is 0 Å². The molecule has 0 heterocycles. The number of benzene rings is 1. The molecule has 1 aromatic rings. The van der Waals surface area contributed by atoms with E-state index in [-0.39, 0.29) is 0 Å². The molecule has 11 heavy (non-hydrogen) atoms. The number of allylic oxidation sites excluding steroid dienone is 1. The first kappa shape index (κ1) is 8.34. The summed E-state index contributed by atoms with van der Waals surface area (Å²) in [5, 5.41) is 3.13. The van der Waals surface area contributed by atoms with Gasteiger partial charge in [-0.2, -0.15) is 0 Å². The van der Waals surface area contributed by atoms with Crippen molar-refractivity contribution in [2.45, 2.75) is 6.92 Å². The number of hydrogen-bond donors (Lipinski definition) is 1. The van der Waals surface area contributed by atoms with Gasteiger partial charge in [-0.3, -0.25) is 0 Å². The van der Waals surface area contributed by atoms with Crippen molar-refractivity contribution in [3.8, 4) is 0 Å². The molecule has 0 aliphatic carbocycles. The first-order chi connectivity index (χ1) is 5.20. The Bertz CT molecular complexity index is 268. The van der Waals surface area contributed by atoms with Gasteiger partial charge in [-0.25, -0.2) is 0 Å². The van der Waals surface area contributed by atoms with Crippen LogP contribution in [0.2, 0.25) is 0 Å². The Balaban J connectivity index is 2.86. The van der Waals surface area contributed by atoms with Crippen LogP contribution in [0, 0.1) is 0 Å². The van der Waals surface area contributed by atoms with Crippen molar-refractivity contribution in [1.29, 1.82) is 0 Å². The van der Waals surface area contributed by atoms with E-state index in [2.05, 4.69) is 27.8 Å². The molecule has 0 atom stereocenters. The molecular weight excluding hydrogens is 202 g/mol. The second-order valence-corrected chi connectivity index (χ2v) is 3.24. The lowest BCUT2D eigenvalue weighted by atomic mass is 10.3. The third kappa shape index (κ3) is 2.39. The lowest BCUT2D eigenvalue weighted by Gasteiger charge is -2.05. The molecule has 0 spiro atoms. The summed E-state index contributed by atoms with van der Waals surface area (Å²) in [4.78, 5) is 0. The Hall–Kier alpha value is -0.760. The smallest absolute Gasteiger partial charge is 0.0525 e. The molecule has 0 radical (unpaired) electrons. The molecule has 0 bridgehead atoms. The van der Waals surface area contributed by atoms with Crippen LogP contribution in [0.3, 0.4) is 0 Å². The van der Waals surface area contributed by atoms with E-state index >= 15 is 0 Å². The fourth-order valence-corrected chi connectivity index (χ4v) is 1.18. The van der Waals surface area contributed by atoms with Crippen molar-refractivity contribution in [3.05, 3.63) is 41.0 Å². The Kier molecular flexibility index (Phi) is 2.71. The van der Waals surface area contributed by atoms with Crippen LogP contribution in [0.15, 0.2) is 41.0 Å². The summed E-state index contributed by atoms with van der Waals surface area (Å²) >= 11 is 3.42. The van der Waals surface area contributed by atoms with Gasteiger partial charge in [0.1, 0.15) is 0 Å². The summed E-state index contributed by atoms with van der Waals surface area (Å²) in [6.07, 6.45) is 0. The molecule has 0 saturated carbocycles. The molecular formula is C9H10BrN. The Labute approximate surface area is 75.3 Å². The molecule has 0 unspecified atom stereocenters. The molecule has 58 valence electrons. The number of hydrogen-bond acceptors (Lipinski definition) is 1. The lowest BCUT2D eigenvalue weighted by molar-refractivity contribution is 1.39. The Morgan fingerprint density at radius 3 is 2.64 bits per heavy atom. The first-order valence-corrected chi connectivity index (χ1v) is 4.16. The maximum Gasteiger partial charge on any atom is 0.0525 e. The maximum atomic E-state index is 3.76. The van der Waals surface area contributed by atoms with Gasteiger partial charge in [-0.05, 0) is 35.0 Å². The number of halogens is 1. The van der Waals surface area contributed by atoms with Crippen molar-refractivity contribution in [3.63, 3.8) is 0 Å². The van der Waals surface area contributed by atoms with E-state index in [0.29, 0.717) is 0 Å². The van der Waals surface area contributed by atoms with Crippen LogP contribution < -0.4 is 5.32 Å². The molecule has 1 N–H and O–H groups in total. The van der Waals surface area contributed by atoms with E-state index in [1.165, 1.54) is 0 Å². The molecule has 1 rings (SSSR count). The third-order valence-electron chi connectivity index (χ3n) is 1.22.